The fourth-order valence-electron chi connectivity index (χ4n) is 2.52. The van der Waals surface area contributed by atoms with Gasteiger partial charge in [-0.2, -0.15) is 0 Å². The van der Waals surface area contributed by atoms with Crippen molar-refractivity contribution in [3.63, 3.8) is 0 Å². The van der Waals surface area contributed by atoms with Gasteiger partial charge in [0.2, 0.25) is 0 Å². The van der Waals surface area contributed by atoms with E-state index >= 15 is 0 Å². The third-order valence-electron chi connectivity index (χ3n) is 3.90. The lowest BCUT2D eigenvalue weighted by Crippen LogP contribution is -2.52. The van der Waals surface area contributed by atoms with E-state index < -0.39 is 0 Å². The molecule has 2 unspecified atom stereocenters. The zero-order chi connectivity index (χ0) is 13.0. The van der Waals surface area contributed by atoms with Crippen LogP contribution in [0, 0.1) is 0 Å². The van der Waals surface area contributed by atoms with E-state index in [2.05, 4.69) is 36.4 Å². The molecule has 1 saturated heterocycles. The Bertz CT molecular complexity index is 371. The van der Waals surface area contributed by atoms with Gasteiger partial charge in [-0.1, -0.05) is 13.0 Å². The maximum atomic E-state index is 5.84. The average Bonchev–Trinajstić information content (AvgIpc) is 2.84. The minimum Gasteiger partial charge on any atom is -0.374 e. The Morgan fingerprint density at radius 1 is 1.56 bits per heavy atom. The number of hydrogen-bond donors (Lipinski definition) is 2. The number of hydrogen-bond acceptors (Lipinski definition) is 4. The summed E-state index contributed by atoms with van der Waals surface area (Å²) in [7, 11) is 0. The van der Waals surface area contributed by atoms with Crippen LogP contribution in [0.3, 0.4) is 0 Å². The molecule has 0 aromatic carbocycles. The first kappa shape index (κ1) is 13.5. The molecule has 1 aliphatic heterocycles. The van der Waals surface area contributed by atoms with Crippen molar-refractivity contribution in [1.82, 2.24) is 10.4 Å². The molecule has 1 aliphatic rings. The lowest BCUT2D eigenvalue weighted by molar-refractivity contribution is -0.0117. The number of rotatable bonds is 5. The van der Waals surface area contributed by atoms with Gasteiger partial charge >= 0.3 is 0 Å². The molecule has 100 valence electrons. The molecule has 2 atom stereocenters. The van der Waals surface area contributed by atoms with E-state index in [1.165, 1.54) is 5.56 Å². The van der Waals surface area contributed by atoms with Crippen LogP contribution in [0.2, 0.25) is 0 Å². The third kappa shape index (κ3) is 2.88. The molecule has 0 aliphatic carbocycles. The molecule has 4 heteroatoms. The molecule has 1 fully saturated rings. The Hall–Kier alpha value is -0.970. The molecule has 2 heterocycles. The summed E-state index contributed by atoms with van der Waals surface area (Å²) < 4.78 is 5.84. The SMILES string of the molecule is CCc1ccc(CC(NN)C2(C)CCCO2)nc1. The number of ether oxygens (including phenoxy) is 1. The summed E-state index contributed by atoms with van der Waals surface area (Å²) in [4.78, 5) is 4.49. The number of hydrazine groups is 1. The smallest absolute Gasteiger partial charge is 0.0824 e. The van der Waals surface area contributed by atoms with Gasteiger partial charge < -0.3 is 4.74 Å². The van der Waals surface area contributed by atoms with Crippen molar-refractivity contribution in [2.75, 3.05) is 6.61 Å². The quantitative estimate of drug-likeness (QED) is 0.614. The van der Waals surface area contributed by atoms with Crippen LogP contribution in [-0.2, 0) is 17.6 Å². The van der Waals surface area contributed by atoms with Crippen molar-refractivity contribution in [3.05, 3.63) is 29.6 Å². The van der Waals surface area contributed by atoms with Gasteiger partial charge in [-0.3, -0.25) is 16.3 Å². The van der Waals surface area contributed by atoms with Crippen LogP contribution in [0.4, 0.5) is 0 Å². The van der Waals surface area contributed by atoms with Crippen molar-refractivity contribution < 1.29 is 4.74 Å². The summed E-state index contributed by atoms with van der Waals surface area (Å²) in [6, 6.07) is 4.33. The van der Waals surface area contributed by atoms with Crippen LogP contribution < -0.4 is 11.3 Å². The van der Waals surface area contributed by atoms with E-state index in [0.29, 0.717) is 0 Å². The second-order valence-corrected chi connectivity index (χ2v) is 5.20. The fraction of sp³-hybridized carbons (Fsp3) is 0.643. The maximum absolute atomic E-state index is 5.84. The van der Waals surface area contributed by atoms with Crippen molar-refractivity contribution in [2.24, 2.45) is 5.84 Å². The highest BCUT2D eigenvalue weighted by atomic mass is 16.5. The van der Waals surface area contributed by atoms with Crippen LogP contribution in [0.15, 0.2) is 18.3 Å². The van der Waals surface area contributed by atoms with E-state index in [4.69, 9.17) is 10.6 Å². The highest BCUT2D eigenvalue weighted by molar-refractivity contribution is 5.15. The topological polar surface area (TPSA) is 60.2 Å². The molecule has 0 radical (unpaired) electrons. The normalized spacial score (nSPS) is 25.3. The zero-order valence-electron chi connectivity index (χ0n) is 11.3. The van der Waals surface area contributed by atoms with Gasteiger partial charge in [0, 0.05) is 24.9 Å². The highest BCUT2D eigenvalue weighted by Gasteiger charge is 2.38. The number of aryl methyl sites for hydroxylation is 1. The molecule has 1 aromatic rings. The minimum atomic E-state index is -0.167. The number of nitrogens with one attached hydrogen (secondary N) is 1. The monoisotopic (exact) mass is 249 g/mol. The maximum Gasteiger partial charge on any atom is 0.0824 e. The molecular formula is C14H23N3O. The molecule has 18 heavy (non-hydrogen) atoms. The van der Waals surface area contributed by atoms with Crippen molar-refractivity contribution in [2.45, 2.75) is 51.2 Å². The van der Waals surface area contributed by atoms with Gasteiger partial charge in [0.05, 0.1) is 11.6 Å². The Morgan fingerprint density at radius 3 is 2.89 bits per heavy atom. The second-order valence-electron chi connectivity index (χ2n) is 5.20. The molecule has 0 saturated carbocycles. The van der Waals surface area contributed by atoms with Crippen LogP contribution in [0.5, 0.6) is 0 Å². The minimum absolute atomic E-state index is 0.111. The van der Waals surface area contributed by atoms with Crippen molar-refractivity contribution in [3.8, 4) is 0 Å². The van der Waals surface area contributed by atoms with Crippen LogP contribution >= 0.6 is 0 Å². The summed E-state index contributed by atoms with van der Waals surface area (Å²) in [6.07, 6.45) is 5.93. The largest absolute Gasteiger partial charge is 0.374 e. The van der Waals surface area contributed by atoms with Crippen molar-refractivity contribution in [1.29, 1.82) is 0 Å². The molecular weight excluding hydrogens is 226 g/mol. The highest BCUT2D eigenvalue weighted by Crippen LogP contribution is 2.29. The van der Waals surface area contributed by atoms with Crippen LogP contribution in [0.1, 0.15) is 37.9 Å². The van der Waals surface area contributed by atoms with Crippen molar-refractivity contribution >= 4 is 0 Å². The molecule has 1 aromatic heterocycles. The summed E-state index contributed by atoms with van der Waals surface area (Å²) >= 11 is 0. The lowest BCUT2D eigenvalue weighted by atomic mass is 9.90. The molecule has 4 nitrogen and oxygen atoms in total. The average molecular weight is 249 g/mol. The van der Waals surface area contributed by atoms with E-state index in [0.717, 1.165) is 38.0 Å². The summed E-state index contributed by atoms with van der Waals surface area (Å²) in [5.74, 6) is 5.68. The molecule has 3 N–H and O–H groups in total. The van der Waals surface area contributed by atoms with E-state index in [1.807, 2.05) is 6.20 Å². The standard InChI is InChI=1S/C14H23N3O/c1-3-11-5-6-12(16-10-11)9-13(17-15)14(2)7-4-8-18-14/h5-6,10,13,17H,3-4,7-9,15H2,1-2H3. The Balaban J connectivity index is 2.05. The lowest BCUT2D eigenvalue weighted by Gasteiger charge is -2.32. The summed E-state index contributed by atoms with van der Waals surface area (Å²) in [5, 5.41) is 0. The van der Waals surface area contributed by atoms with Gasteiger partial charge in [0.25, 0.3) is 0 Å². The van der Waals surface area contributed by atoms with E-state index in [9.17, 15) is 0 Å². The first-order chi connectivity index (χ1) is 8.68. The Labute approximate surface area is 109 Å². The molecule has 0 amide bonds. The summed E-state index contributed by atoms with van der Waals surface area (Å²) in [5.41, 5.74) is 5.05. The van der Waals surface area contributed by atoms with E-state index in [-0.39, 0.29) is 11.6 Å². The first-order valence-corrected chi connectivity index (χ1v) is 6.72. The number of pyridine rings is 1. The van der Waals surface area contributed by atoms with Gasteiger partial charge in [-0.05, 0) is 37.8 Å². The molecule has 0 bridgehead atoms. The zero-order valence-corrected chi connectivity index (χ0v) is 11.3. The van der Waals surface area contributed by atoms with Crippen LogP contribution in [-0.4, -0.2) is 23.2 Å². The van der Waals surface area contributed by atoms with Gasteiger partial charge in [0.15, 0.2) is 0 Å². The predicted molar refractivity (Wildman–Crippen MR) is 72.0 cm³/mol. The number of aromatic nitrogens is 1. The Kier molecular flexibility index (Phi) is 4.32. The predicted octanol–water partition coefficient (Wildman–Crippen LogP) is 1.59. The first-order valence-electron chi connectivity index (χ1n) is 6.72. The Morgan fingerprint density at radius 2 is 2.39 bits per heavy atom. The van der Waals surface area contributed by atoms with Gasteiger partial charge in [0.1, 0.15) is 0 Å². The molecule has 2 rings (SSSR count). The third-order valence-corrected chi connectivity index (χ3v) is 3.90. The number of nitrogens with zero attached hydrogens (tertiary/aromatic N) is 1. The second kappa shape index (κ2) is 5.78. The molecule has 0 spiro atoms. The van der Waals surface area contributed by atoms with Gasteiger partial charge in [-0.25, -0.2) is 0 Å². The van der Waals surface area contributed by atoms with Gasteiger partial charge in [-0.15, -0.1) is 0 Å². The number of nitrogens with two attached hydrogens (primary N) is 1. The summed E-state index contributed by atoms with van der Waals surface area (Å²) in [6.45, 7) is 5.09. The van der Waals surface area contributed by atoms with Crippen LogP contribution in [0.25, 0.3) is 0 Å². The fourth-order valence-corrected chi connectivity index (χ4v) is 2.52. The van der Waals surface area contributed by atoms with E-state index in [1.54, 1.807) is 0 Å².